The molecule has 1 aromatic rings. The second kappa shape index (κ2) is 5.60. The van der Waals surface area contributed by atoms with E-state index in [4.69, 9.17) is 0 Å². The van der Waals surface area contributed by atoms with Gasteiger partial charge in [0.2, 0.25) is 0 Å². The minimum absolute atomic E-state index is 0.343. The molecule has 0 saturated carbocycles. The van der Waals surface area contributed by atoms with Gasteiger partial charge in [-0.3, -0.25) is 9.59 Å². The molecule has 0 aromatic heterocycles. The SMILES string of the molecule is Cc1ccc(C)c2c1C(=O)C(=O)N2CCN1CCCCC1. The number of rotatable bonds is 3. The van der Waals surface area contributed by atoms with Crippen molar-refractivity contribution in [2.75, 3.05) is 31.1 Å². The molecule has 0 spiro atoms. The van der Waals surface area contributed by atoms with E-state index in [1.807, 2.05) is 26.0 Å². The second-order valence-corrected chi connectivity index (χ2v) is 6.11. The highest BCUT2D eigenvalue weighted by Crippen LogP contribution is 2.34. The van der Waals surface area contributed by atoms with Crippen molar-refractivity contribution in [2.45, 2.75) is 33.1 Å². The van der Waals surface area contributed by atoms with E-state index in [1.165, 1.54) is 19.3 Å². The van der Waals surface area contributed by atoms with Crippen LogP contribution in [0.5, 0.6) is 0 Å². The van der Waals surface area contributed by atoms with Crippen molar-refractivity contribution in [1.29, 1.82) is 0 Å². The maximum atomic E-state index is 12.3. The Morgan fingerprint density at radius 3 is 2.33 bits per heavy atom. The molecule has 21 heavy (non-hydrogen) atoms. The lowest BCUT2D eigenvalue weighted by atomic mass is 10.0. The fourth-order valence-electron chi connectivity index (χ4n) is 3.40. The van der Waals surface area contributed by atoms with Gasteiger partial charge in [0.25, 0.3) is 11.7 Å². The molecule has 1 fully saturated rings. The molecular weight excluding hydrogens is 264 g/mol. The summed E-state index contributed by atoms with van der Waals surface area (Å²) in [6, 6.07) is 3.92. The van der Waals surface area contributed by atoms with Gasteiger partial charge in [0.15, 0.2) is 0 Å². The molecule has 0 N–H and O–H groups in total. The van der Waals surface area contributed by atoms with Crippen molar-refractivity contribution in [3.63, 3.8) is 0 Å². The van der Waals surface area contributed by atoms with E-state index in [0.717, 1.165) is 36.4 Å². The van der Waals surface area contributed by atoms with Crippen molar-refractivity contribution in [3.05, 3.63) is 28.8 Å². The number of hydrogen-bond acceptors (Lipinski definition) is 3. The first kappa shape index (κ1) is 14.3. The minimum Gasteiger partial charge on any atom is -0.303 e. The van der Waals surface area contributed by atoms with E-state index in [-0.39, 0.29) is 11.7 Å². The van der Waals surface area contributed by atoms with E-state index in [2.05, 4.69) is 4.90 Å². The van der Waals surface area contributed by atoms with Crippen molar-refractivity contribution < 1.29 is 9.59 Å². The molecule has 112 valence electrons. The van der Waals surface area contributed by atoms with E-state index in [0.29, 0.717) is 12.1 Å². The van der Waals surface area contributed by atoms with Crippen molar-refractivity contribution in [3.8, 4) is 0 Å². The monoisotopic (exact) mass is 286 g/mol. The smallest absolute Gasteiger partial charge is 0.299 e. The van der Waals surface area contributed by atoms with Gasteiger partial charge in [0.1, 0.15) is 0 Å². The third-order valence-corrected chi connectivity index (χ3v) is 4.61. The van der Waals surface area contributed by atoms with Crippen LogP contribution in [0.15, 0.2) is 12.1 Å². The highest BCUT2D eigenvalue weighted by Gasteiger charge is 2.37. The quantitative estimate of drug-likeness (QED) is 0.801. The van der Waals surface area contributed by atoms with Gasteiger partial charge in [-0.15, -0.1) is 0 Å². The standard InChI is InChI=1S/C17H22N2O2/c1-12-6-7-13(2)15-14(12)16(20)17(21)19(15)11-10-18-8-4-3-5-9-18/h6-7H,3-5,8-11H2,1-2H3. The number of ketones is 1. The molecule has 1 saturated heterocycles. The zero-order chi connectivity index (χ0) is 15.0. The van der Waals surface area contributed by atoms with Crippen molar-refractivity contribution in [2.24, 2.45) is 0 Å². The number of nitrogens with zero attached hydrogens (tertiary/aromatic N) is 2. The zero-order valence-corrected chi connectivity index (χ0v) is 12.8. The van der Waals surface area contributed by atoms with Gasteiger partial charge in [-0.2, -0.15) is 0 Å². The summed E-state index contributed by atoms with van der Waals surface area (Å²) >= 11 is 0. The van der Waals surface area contributed by atoms with Crippen LogP contribution in [0.4, 0.5) is 5.69 Å². The second-order valence-electron chi connectivity index (χ2n) is 6.11. The number of piperidine rings is 1. The first-order valence-electron chi connectivity index (χ1n) is 7.78. The highest BCUT2D eigenvalue weighted by atomic mass is 16.2. The Labute approximate surface area is 125 Å². The molecule has 3 rings (SSSR count). The summed E-state index contributed by atoms with van der Waals surface area (Å²) in [6.45, 7) is 7.55. The Kier molecular flexibility index (Phi) is 3.81. The topological polar surface area (TPSA) is 40.6 Å². The first-order valence-corrected chi connectivity index (χ1v) is 7.78. The Morgan fingerprint density at radius 1 is 0.952 bits per heavy atom. The van der Waals surface area contributed by atoms with Crippen LogP contribution in [0, 0.1) is 13.8 Å². The number of Topliss-reactive ketones (excluding diaryl/α,β-unsaturated/α-hetero) is 1. The Balaban J connectivity index is 1.82. The van der Waals surface area contributed by atoms with Crippen molar-refractivity contribution in [1.82, 2.24) is 4.90 Å². The Morgan fingerprint density at radius 2 is 1.62 bits per heavy atom. The largest absolute Gasteiger partial charge is 0.303 e. The van der Waals surface area contributed by atoms with Crippen LogP contribution >= 0.6 is 0 Å². The lowest BCUT2D eigenvalue weighted by Gasteiger charge is -2.28. The summed E-state index contributed by atoms with van der Waals surface area (Å²) in [5, 5.41) is 0. The molecule has 1 amide bonds. The van der Waals surface area contributed by atoms with Gasteiger partial charge in [-0.25, -0.2) is 0 Å². The number of aryl methyl sites for hydroxylation is 2. The molecule has 0 radical (unpaired) electrons. The number of benzene rings is 1. The molecular formula is C17H22N2O2. The van der Waals surface area contributed by atoms with E-state index >= 15 is 0 Å². The number of fused-ring (bicyclic) bond motifs is 1. The molecule has 2 aliphatic heterocycles. The summed E-state index contributed by atoms with van der Waals surface area (Å²) in [7, 11) is 0. The Bertz CT molecular complexity index is 589. The molecule has 2 heterocycles. The molecule has 2 aliphatic rings. The third kappa shape index (κ3) is 2.48. The van der Waals surface area contributed by atoms with Crippen LogP contribution in [0.3, 0.4) is 0 Å². The van der Waals surface area contributed by atoms with Crippen molar-refractivity contribution >= 4 is 17.4 Å². The van der Waals surface area contributed by atoms with Crippen LogP contribution in [-0.4, -0.2) is 42.8 Å². The molecule has 4 heteroatoms. The number of carbonyl (C=O) groups excluding carboxylic acids is 2. The number of amides is 1. The minimum atomic E-state index is -0.362. The number of anilines is 1. The normalized spacial score (nSPS) is 19.2. The first-order chi connectivity index (χ1) is 10.1. The fraction of sp³-hybridized carbons (Fsp3) is 0.529. The van der Waals surface area contributed by atoms with Crippen LogP contribution in [0.1, 0.15) is 40.7 Å². The number of hydrogen-bond donors (Lipinski definition) is 0. The molecule has 0 bridgehead atoms. The lowest BCUT2D eigenvalue weighted by molar-refractivity contribution is -0.114. The number of carbonyl (C=O) groups is 2. The fourth-order valence-corrected chi connectivity index (χ4v) is 3.40. The highest BCUT2D eigenvalue weighted by molar-refractivity contribution is 6.52. The number of likely N-dealkylation sites (tertiary alicyclic amines) is 1. The molecule has 4 nitrogen and oxygen atoms in total. The Hall–Kier alpha value is -1.68. The van der Waals surface area contributed by atoms with Crippen LogP contribution < -0.4 is 4.90 Å². The van der Waals surface area contributed by atoms with E-state index in [1.54, 1.807) is 4.90 Å². The average Bonchev–Trinajstić information content (AvgIpc) is 2.75. The molecule has 0 unspecified atom stereocenters. The van der Waals surface area contributed by atoms with Gasteiger partial charge in [-0.05, 0) is 50.9 Å². The summed E-state index contributed by atoms with van der Waals surface area (Å²) < 4.78 is 0. The van der Waals surface area contributed by atoms with Gasteiger partial charge in [0, 0.05) is 13.1 Å². The third-order valence-electron chi connectivity index (χ3n) is 4.61. The zero-order valence-electron chi connectivity index (χ0n) is 12.8. The van der Waals surface area contributed by atoms with Crippen LogP contribution in [0.25, 0.3) is 0 Å². The predicted molar refractivity (Wildman–Crippen MR) is 82.9 cm³/mol. The summed E-state index contributed by atoms with van der Waals surface area (Å²) in [5.74, 6) is -0.704. The summed E-state index contributed by atoms with van der Waals surface area (Å²) in [4.78, 5) is 28.6. The summed E-state index contributed by atoms with van der Waals surface area (Å²) in [5.41, 5.74) is 3.35. The maximum absolute atomic E-state index is 12.3. The maximum Gasteiger partial charge on any atom is 0.299 e. The molecule has 1 aromatic carbocycles. The van der Waals surface area contributed by atoms with Crippen LogP contribution in [-0.2, 0) is 4.79 Å². The van der Waals surface area contributed by atoms with Gasteiger partial charge in [-0.1, -0.05) is 18.6 Å². The van der Waals surface area contributed by atoms with Gasteiger partial charge >= 0.3 is 0 Å². The predicted octanol–water partition coefficient (Wildman–Crippen LogP) is 2.32. The van der Waals surface area contributed by atoms with Gasteiger partial charge < -0.3 is 9.80 Å². The average molecular weight is 286 g/mol. The van der Waals surface area contributed by atoms with Crippen LogP contribution in [0.2, 0.25) is 0 Å². The summed E-state index contributed by atoms with van der Waals surface area (Å²) in [6.07, 6.45) is 3.78. The molecule has 0 atom stereocenters. The van der Waals surface area contributed by atoms with Gasteiger partial charge in [0.05, 0.1) is 11.3 Å². The lowest BCUT2D eigenvalue weighted by Crippen LogP contribution is -2.40. The van der Waals surface area contributed by atoms with E-state index in [9.17, 15) is 9.59 Å². The van der Waals surface area contributed by atoms with E-state index < -0.39 is 0 Å². The molecule has 0 aliphatic carbocycles.